The Morgan fingerprint density at radius 1 is 1.25 bits per heavy atom. The number of imide groups is 1. The summed E-state index contributed by atoms with van der Waals surface area (Å²) in [5, 5.41) is 4.50. The molecule has 1 heterocycles. The van der Waals surface area contributed by atoms with Gasteiger partial charge in [-0.3, -0.25) is 19.3 Å². The van der Waals surface area contributed by atoms with E-state index in [1.54, 1.807) is 6.92 Å². The number of anilines is 1. The molecule has 1 atom stereocenters. The number of esters is 1. The average molecular weight is 397 g/mol. The van der Waals surface area contributed by atoms with Crippen molar-refractivity contribution >= 4 is 29.5 Å². The maximum Gasteiger partial charge on any atom is 0.326 e. The van der Waals surface area contributed by atoms with Crippen LogP contribution in [-0.4, -0.2) is 47.4 Å². The minimum absolute atomic E-state index is 0.427. The molecule has 2 N–H and O–H groups in total. The van der Waals surface area contributed by atoms with Crippen molar-refractivity contribution in [3.8, 4) is 0 Å². The zero-order chi connectivity index (χ0) is 20.9. The molecule has 1 aliphatic heterocycles. The molecule has 0 aliphatic carbocycles. The second-order valence-electron chi connectivity index (χ2n) is 6.56. The fourth-order valence-corrected chi connectivity index (χ4v) is 2.70. The van der Waals surface area contributed by atoms with Crippen molar-refractivity contribution in [2.24, 2.45) is 0 Å². The number of nitrogens with zero attached hydrogens (tertiary/aromatic N) is 1. The Bertz CT molecular complexity index is 781. The van der Waals surface area contributed by atoms with Crippen molar-refractivity contribution < 1.29 is 32.7 Å². The number of para-hydroxylation sites is 1. The zero-order valence-electron chi connectivity index (χ0n) is 15.5. The van der Waals surface area contributed by atoms with Gasteiger partial charge in [0.15, 0.2) is 6.61 Å². The van der Waals surface area contributed by atoms with Crippen LogP contribution in [0.3, 0.4) is 0 Å². The van der Waals surface area contributed by atoms with E-state index in [9.17, 15) is 28.0 Å². The van der Waals surface area contributed by atoms with Crippen LogP contribution in [0.1, 0.15) is 33.1 Å². The quantitative estimate of drug-likeness (QED) is 0.515. The zero-order valence-corrected chi connectivity index (χ0v) is 15.5. The number of rotatable bonds is 8. The Morgan fingerprint density at radius 2 is 1.89 bits per heavy atom. The topological polar surface area (TPSA) is 105 Å². The van der Waals surface area contributed by atoms with Gasteiger partial charge >= 0.3 is 12.0 Å². The van der Waals surface area contributed by atoms with E-state index in [0.29, 0.717) is 17.7 Å². The standard InChI is InChI=1S/C18H21F2N3O5/c1-3-4-8-18(2)16(26)23(17(27)22-18)9-14(25)28-10-13(24)21-15-11(19)6-5-7-12(15)20/h5-7H,3-4,8-10H2,1-2H3,(H,21,24)(H,22,27)/t18-/m0/s1. The van der Waals surface area contributed by atoms with E-state index >= 15 is 0 Å². The van der Waals surface area contributed by atoms with Crippen molar-refractivity contribution in [2.75, 3.05) is 18.5 Å². The molecule has 152 valence electrons. The Morgan fingerprint density at radius 3 is 2.50 bits per heavy atom. The molecule has 0 saturated carbocycles. The lowest BCUT2D eigenvalue weighted by molar-refractivity contribution is -0.150. The molecule has 10 heteroatoms. The summed E-state index contributed by atoms with van der Waals surface area (Å²) in [6.45, 7) is 2.01. The first-order valence-electron chi connectivity index (χ1n) is 8.71. The lowest BCUT2D eigenvalue weighted by atomic mass is 9.95. The molecule has 1 aliphatic rings. The van der Waals surface area contributed by atoms with E-state index in [4.69, 9.17) is 4.74 Å². The maximum absolute atomic E-state index is 13.5. The average Bonchev–Trinajstić information content (AvgIpc) is 2.85. The van der Waals surface area contributed by atoms with Crippen LogP contribution in [0.15, 0.2) is 18.2 Å². The number of unbranched alkanes of at least 4 members (excludes halogenated alkanes) is 1. The third-order valence-electron chi connectivity index (χ3n) is 4.25. The molecule has 8 nitrogen and oxygen atoms in total. The van der Waals surface area contributed by atoms with E-state index in [2.05, 4.69) is 5.32 Å². The number of carbonyl (C=O) groups excluding carboxylic acids is 4. The molecule has 0 bridgehead atoms. The third kappa shape index (κ3) is 4.81. The summed E-state index contributed by atoms with van der Waals surface area (Å²) in [4.78, 5) is 48.7. The number of amides is 4. The summed E-state index contributed by atoms with van der Waals surface area (Å²) in [6.07, 6.45) is 1.97. The van der Waals surface area contributed by atoms with Crippen LogP contribution in [-0.2, 0) is 19.1 Å². The second-order valence-corrected chi connectivity index (χ2v) is 6.56. The van der Waals surface area contributed by atoms with Crippen molar-refractivity contribution in [3.63, 3.8) is 0 Å². The molecule has 28 heavy (non-hydrogen) atoms. The van der Waals surface area contributed by atoms with Gasteiger partial charge in [-0.25, -0.2) is 13.6 Å². The van der Waals surface area contributed by atoms with Gasteiger partial charge < -0.3 is 15.4 Å². The number of benzene rings is 1. The lowest BCUT2D eigenvalue weighted by Crippen LogP contribution is -2.44. The van der Waals surface area contributed by atoms with E-state index in [1.807, 2.05) is 12.2 Å². The highest BCUT2D eigenvalue weighted by Crippen LogP contribution is 2.23. The number of urea groups is 1. The van der Waals surface area contributed by atoms with Crippen LogP contribution >= 0.6 is 0 Å². The van der Waals surface area contributed by atoms with Gasteiger partial charge in [-0.05, 0) is 25.5 Å². The number of ether oxygens (including phenoxy) is 1. The van der Waals surface area contributed by atoms with E-state index in [-0.39, 0.29) is 0 Å². The van der Waals surface area contributed by atoms with Crippen molar-refractivity contribution in [2.45, 2.75) is 38.6 Å². The Kier molecular flexibility index (Phi) is 6.66. The molecule has 0 aromatic heterocycles. The summed E-state index contributed by atoms with van der Waals surface area (Å²) in [6, 6.07) is 2.32. The molecule has 1 aromatic rings. The van der Waals surface area contributed by atoms with Crippen LogP contribution in [0.5, 0.6) is 0 Å². The summed E-state index contributed by atoms with van der Waals surface area (Å²) < 4.78 is 31.6. The second kappa shape index (κ2) is 8.77. The highest BCUT2D eigenvalue weighted by molar-refractivity contribution is 6.08. The smallest absolute Gasteiger partial charge is 0.326 e. The predicted octanol–water partition coefficient (Wildman–Crippen LogP) is 1.95. The van der Waals surface area contributed by atoms with Gasteiger partial charge in [0.2, 0.25) is 0 Å². The van der Waals surface area contributed by atoms with Crippen LogP contribution in [0, 0.1) is 11.6 Å². The molecule has 0 unspecified atom stereocenters. The van der Waals surface area contributed by atoms with Crippen molar-refractivity contribution in [1.29, 1.82) is 0 Å². The number of nitrogens with one attached hydrogen (secondary N) is 2. The van der Waals surface area contributed by atoms with Gasteiger partial charge in [-0.15, -0.1) is 0 Å². The van der Waals surface area contributed by atoms with Gasteiger partial charge in [0.1, 0.15) is 29.4 Å². The summed E-state index contributed by atoms with van der Waals surface area (Å²) >= 11 is 0. The van der Waals surface area contributed by atoms with Crippen LogP contribution in [0.4, 0.5) is 19.3 Å². The van der Waals surface area contributed by atoms with Gasteiger partial charge in [-0.1, -0.05) is 25.8 Å². The molecule has 1 fully saturated rings. The van der Waals surface area contributed by atoms with Gasteiger partial charge in [-0.2, -0.15) is 0 Å². The largest absolute Gasteiger partial charge is 0.454 e. The first-order chi connectivity index (χ1) is 13.2. The SMILES string of the molecule is CCCC[C@]1(C)NC(=O)N(CC(=O)OCC(=O)Nc2c(F)cccc2F)C1=O. The third-order valence-corrected chi connectivity index (χ3v) is 4.25. The molecule has 1 aromatic carbocycles. The van der Waals surface area contributed by atoms with Gasteiger partial charge in [0.25, 0.3) is 11.8 Å². The van der Waals surface area contributed by atoms with E-state index < -0.39 is 59.8 Å². The van der Waals surface area contributed by atoms with Crippen molar-refractivity contribution in [1.82, 2.24) is 10.2 Å². The van der Waals surface area contributed by atoms with Crippen LogP contribution in [0.25, 0.3) is 0 Å². The Labute approximate surface area is 160 Å². The minimum atomic E-state index is -1.09. The lowest BCUT2D eigenvalue weighted by Gasteiger charge is -2.21. The molecule has 0 spiro atoms. The maximum atomic E-state index is 13.5. The number of hydrogen-bond acceptors (Lipinski definition) is 5. The Balaban J connectivity index is 1.88. The molecule has 1 saturated heterocycles. The molecular formula is C18H21F2N3O5. The minimum Gasteiger partial charge on any atom is -0.454 e. The molecule has 4 amide bonds. The summed E-state index contributed by atoms with van der Waals surface area (Å²) in [5.41, 5.74) is -1.75. The number of halogens is 2. The molecular weight excluding hydrogens is 376 g/mol. The fourth-order valence-electron chi connectivity index (χ4n) is 2.70. The van der Waals surface area contributed by atoms with Gasteiger partial charge in [0, 0.05) is 0 Å². The van der Waals surface area contributed by atoms with Crippen LogP contribution < -0.4 is 10.6 Å². The number of hydrogen-bond donors (Lipinski definition) is 2. The summed E-state index contributed by atoms with van der Waals surface area (Å²) in [7, 11) is 0. The molecule has 0 radical (unpaired) electrons. The van der Waals surface area contributed by atoms with Crippen LogP contribution in [0.2, 0.25) is 0 Å². The van der Waals surface area contributed by atoms with Gasteiger partial charge in [0.05, 0.1) is 0 Å². The predicted molar refractivity (Wildman–Crippen MR) is 94.1 cm³/mol. The Hall–Kier alpha value is -3.04. The van der Waals surface area contributed by atoms with Crippen molar-refractivity contribution in [3.05, 3.63) is 29.8 Å². The first-order valence-corrected chi connectivity index (χ1v) is 8.71. The highest BCUT2D eigenvalue weighted by Gasteiger charge is 2.47. The van der Waals surface area contributed by atoms with E-state index in [0.717, 1.165) is 24.6 Å². The van der Waals surface area contributed by atoms with E-state index in [1.165, 1.54) is 0 Å². The normalized spacial score (nSPS) is 18.8. The summed E-state index contributed by atoms with van der Waals surface area (Å²) in [5.74, 6) is -4.49. The molecule has 2 rings (SSSR count). The first kappa shape index (κ1) is 21.3. The fraction of sp³-hybridized carbons (Fsp3) is 0.444. The highest BCUT2D eigenvalue weighted by atomic mass is 19.1. The number of carbonyl (C=O) groups is 4. The monoisotopic (exact) mass is 397 g/mol.